The highest BCUT2D eigenvalue weighted by molar-refractivity contribution is 6.32. The Labute approximate surface area is 136 Å². The van der Waals surface area contributed by atoms with Crippen molar-refractivity contribution in [2.45, 2.75) is 26.4 Å². The van der Waals surface area contributed by atoms with Crippen molar-refractivity contribution >= 4 is 29.4 Å². The summed E-state index contributed by atoms with van der Waals surface area (Å²) in [6.07, 6.45) is 1.76. The van der Waals surface area contributed by atoms with Gasteiger partial charge in [-0.05, 0) is 26.8 Å². The monoisotopic (exact) mass is 339 g/mol. The standard InChI is InChI=1S/C13H14ClN5O4/c1-13(2,3)23-12(22)17-7-4-8(14)10(15-5-7)19-16-6-9(18-19)11(20)21/h4-6H,1-3H3,(H,17,22)(H,20,21). The maximum absolute atomic E-state index is 11.7. The molecule has 0 aliphatic heterocycles. The Hall–Kier alpha value is -2.68. The molecule has 0 spiro atoms. The lowest BCUT2D eigenvalue weighted by Crippen LogP contribution is -2.27. The minimum atomic E-state index is -1.21. The number of nitrogens with one attached hydrogen (secondary N) is 1. The normalized spacial score (nSPS) is 11.1. The first-order chi connectivity index (χ1) is 10.7. The van der Waals surface area contributed by atoms with Gasteiger partial charge in [-0.25, -0.2) is 14.6 Å². The SMILES string of the molecule is CC(C)(C)OC(=O)Nc1cnc(-n2ncc(C(=O)O)n2)c(Cl)c1. The van der Waals surface area contributed by atoms with Crippen molar-refractivity contribution in [3.05, 3.63) is 29.2 Å². The van der Waals surface area contributed by atoms with Crippen molar-refractivity contribution in [2.24, 2.45) is 0 Å². The fraction of sp³-hybridized carbons (Fsp3) is 0.308. The van der Waals surface area contributed by atoms with Crippen LogP contribution in [0.15, 0.2) is 18.5 Å². The van der Waals surface area contributed by atoms with Crippen LogP contribution in [-0.2, 0) is 4.74 Å². The second kappa shape index (κ2) is 6.21. The molecule has 0 saturated carbocycles. The van der Waals surface area contributed by atoms with E-state index < -0.39 is 17.7 Å². The highest BCUT2D eigenvalue weighted by Gasteiger charge is 2.17. The van der Waals surface area contributed by atoms with E-state index in [2.05, 4.69) is 20.5 Å². The second-order valence-electron chi connectivity index (χ2n) is 5.48. The molecule has 2 N–H and O–H groups in total. The van der Waals surface area contributed by atoms with Crippen LogP contribution in [0.5, 0.6) is 0 Å². The average Bonchev–Trinajstić information content (AvgIpc) is 2.85. The molecule has 2 aromatic heterocycles. The molecule has 23 heavy (non-hydrogen) atoms. The summed E-state index contributed by atoms with van der Waals surface area (Å²) in [5.41, 5.74) is -0.551. The summed E-state index contributed by atoms with van der Waals surface area (Å²) < 4.78 is 5.11. The molecular formula is C13H14ClN5O4. The van der Waals surface area contributed by atoms with Gasteiger partial charge in [0.15, 0.2) is 11.5 Å². The molecule has 10 heteroatoms. The molecule has 0 saturated heterocycles. The Bertz CT molecular complexity index is 753. The number of aromatic carboxylic acids is 1. The van der Waals surface area contributed by atoms with Crippen LogP contribution in [0.4, 0.5) is 10.5 Å². The summed E-state index contributed by atoms with van der Waals surface area (Å²) in [7, 11) is 0. The Morgan fingerprint density at radius 3 is 2.57 bits per heavy atom. The number of anilines is 1. The number of hydrogen-bond acceptors (Lipinski definition) is 6. The van der Waals surface area contributed by atoms with E-state index in [1.54, 1.807) is 20.8 Å². The number of nitrogens with zero attached hydrogens (tertiary/aromatic N) is 4. The van der Waals surface area contributed by atoms with Crippen LogP contribution in [0, 0.1) is 0 Å². The smallest absolute Gasteiger partial charge is 0.412 e. The number of hydrogen-bond donors (Lipinski definition) is 2. The zero-order chi connectivity index (χ0) is 17.2. The fourth-order valence-electron chi connectivity index (χ4n) is 1.53. The van der Waals surface area contributed by atoms with Crippen LogP contribution < -0.4 is 5.32 Å². The fourth-order valence-corrected chi connectivity index (χ4v) is 1.77. The molecule has 2 rings (SSSR count). The molecule has 0 bridgehead atoms. The number of rotatable bonds is 3. The van der Waals surface area contributed by atoms with E-state index in [1.165, 1.54) is 12.3 Å². The molecule has 1 amide bonds. The Morgan fingerprint density at radius 1 is 1.35 bits per heavy atom. The largest absolute Gasteiger partial charge is 0.476 e. The summed E-state index contributed by atoms with van der Waals surface area (Å²) in [5, 5.41) is 18.9. The lowest BCUT2D eigenvalue weighted by molar-refractivity contribution is 0.0633. The molecule has 122 valence electrons. The summed E-state index contributed by atoms with van der Waals surface area (Å²) in [4.78, 5) is 27.5. The quantitative estimate of drug-likeness (QED) is 0.880. The van der Waals surface area contributed by atoms with Crippen molar-refractivity contribution in [3.63, 3.8) is 0 Å². The number of ether oxygens (including phenoxy) is 1. The van der Waals surface area contributed by atoms with E-state index >= 15 is 0 Å². The van der Waals surface area contributed by atoms with Crippen LogP contribution in [0.2, 0.25) is 5.02 Å². The predicted molar refractivity (Wildman–Crippen MR) is 81.0 cm³/mol. The Balaban J connectivity index is 2.17. The van der Waals surface area contributed by atoms with Gasteiger partial charge in [-0.1, -0.05) is 11.6 Å². The third-order valence-electron chi connectivity index (χ3n) is 2.37. The highest BCUT2D eigenvalue weighted by Crippen LogP contribution is 2.21. The van der Waals surface area contributed by atoms with E-state index in [9.17, 15) is 9.59 Å². The van der Waals surface area contributed by atoms with Crippen LogP contribution in [0.25, 0.3) is 5.82 Å². The van der Waals surface area contributed by atoms with Gasteiger partial charge in [-0.3, -0.25) is 5.32 Å². The van der Waals surface area contributed by atoms with Crippen molar-refractivity contribution < 1.29 is 19.4 Å². The lowest BCUT2D eigenvalue weighted by atomic mass is 10.2. The lowest BCUT2D eigenvalue weighted by Gasteiger charge is -2.19. The third kappa shape index (κ3) is 4.39. The molecule has 2 aromatic rings. The number of carbonyl (C=O) groups excluding carboxylic acids is 1. The topological polar surface area (TPSA) is 119 Å². The van der Waals surface area contributed by atoms with Gasteiger partial charge in [0.1, 0.15) is 5.60 Å². The number of carboxylic acids is 1. The van der Waals surface area contributed by atoms with Gasteiger partial charge in [0, 0.05) is 0 Å². The van der Waals surface area contributed by atoms with Gasteiger partial charge in [0.05, 0.1) is 23.1 Å². The number of carbonyl (C=O) groups is 2. The number of aromatic nitrogens is 4. The number of halogens is 1. The number of pyridine rings is 1. The zero-order valence-electron chi connectivity index (χ0n) is 12.6. The van der Waals surface area contributed by atoms with E-state index in [1.807, 2.05) is 0 Å². The number of carboxylic acid groups (broad SMARTS) is 1. The molecule has 2 heterocycles. The maximum atomic E-state index is 11.7. The van der Waals surface area contributed by atoms with Gasteiger partial charge < -0.3 is 9.84 Å². The van der Waals surface area contributed by atoms with Crippen LogP contribution in [0.3, 0.4) is 0 Å². The molecule has 0 aliphatic rings. The van der Waals surface area contributed by atoms with Gasteiger partial charge in [-0.2, -0.15) is 5.10 Å². The van der Waals surface area contributed by atoms with Gasteiger partial charge >= 0.3 is 12.1 Å². The summed E-state index contributed by atoms with van der Waals surface area (Å²) >= 11 is 6.07. The first-order valence-electron chi connectivity index (χ1n) is 6.47. The molecule has 9 nitrogen and oxygen atoms in total. The Kier molecular flexibility index (Phi) is 4.50. The first-order valence-corrected chi connectivity index (χ1v) is 6.85. The maximum Gasteiger partial charge on any atom is 0.412 e. The van der Waals surface area contributed by atoms with E-state index in [-0.39, 0.29) is 16.5 Å². The average molecular weight is 340 g/mol. The summed E-state index contributed by atoms with van der Waals surface area (Å²) in [6.45, 7) is 5.22. The van der Waals surface area contributed by atoms with E-state index in [4.69, 9.17) is 21.4 Å². The predicted octanol–water partition coefficient (Wildman–Crippen LogP) is 2.36. The molecular weight excluding hydrogens is 326 g/mol. The number of amides is 1. The molecule has 0 aliphatic carbocycles. The van der Waals surface area contributed by atoms with Crippen molar-refractivity contribution in [1.82, 2.24) is 20.0 Å². The van der Waals surface area contributed by atoms with Crippen LogP contribution in [0.1, 0.15) is 31.3 Å². The van der Waals surface area contributed by atoms with Gasteiger partial charge in [0.25, 0.3) is 0 Å². The highest BCUT2D eigenvalue weighted by atomic mass is 35.5. The van der Waals surface area contributed by atoms with Crippen molar-refractivity contribution in [2.75, 3.05) is 5.32 Å². The van der Waals surface area contributed by atoms with Crippen molar-refractivity contribution in [3.8, 4) is 5.82 Å². The minimum absolute atomic E-state index is 0.131. The molecule has 0 radical (unpaired) electrons. The van der Waals surface area contributed by atoms with E-state index in [0.717, 1.165) is 11.0 Å². The second-order valence-corrected chi connectivity index (χ2v) is 5.89. The molecule has 0 aromatic carbocycles. The molecule has 0 atom stereocenters. The van der Waals surface area contributed by atoms with Gasteiger partial charge in [-0.15, -0.1) is 9.90 Å². The first kappa shape index (κ1) is 16.7. The zero-order valence-corrected chi connectivity index (χ0v) is 13.3. The molecule has 0 unspecified atom stereocenters. The van der Waals surface area contributed by atoms with Crippen molar-refractivity contribution in [1.29, 1.82) is 0 Å². The van der Waals surface area contributed by atoms with Crippen LogP contribution in [-0.4, -0.2) is 42.7 Å². The van der Waals surface area contributed by atoms with E-state index in [0.29, 0.717) is 5.69 Å². The third-order valence-corrected chi connectivity index (χ3v) is 2.65. The summed E-state index contributed by atoms with van der Waals surface area (Å²) in [5.74, 6) is -1.08. The molecule has 0 fully saturated rings. The minimum Gasteiger partial charge on any atom is -0.476 e. The van der Waals surface area contributed by atoms with Crippen LogP contribution >= 0.6 is 11.6 Å². The summed E-state index contributed by atoms with van der Waals surface area (Å²) in [6, 6.07) is 1.43. The Morgan fingerprint density at radius 2 is 2.04 bits per heavy atom. The van der Waals surface area contributed by atoms with Gasteiger partial charge in [0.2, 0.25) is 0 Å².